The molecule has 2 aromatic rings. The first-order valence-corrected chi connectivity index (χ1v) is 9.36. The average molecular weight is 362 g/mol. The second kappa shape index (κ2) is 9.62. The lowest BCUT2D eigenvalue weighted by Gasteiger charge is -2.15. The Balaban J connectivity index is 1.85. The van der Waals surface area contributed by atoms with Crippen LogP contribution in [0.3, 0.4) is 0 Å². The number of rotatable bonds is 9. The van der Waals surface area contributed by atoms with E-state index in [1.807, 2.05) is 6.92 Å². The van der Waals surface area contributed by atoms with E-state index >= 15 is 0 Å². The first-order chi connectivity index (χ1) is 12.0. The van der Waals surface area contributed by atoms with Crippen LogP contribution < -0.4 is 10.1 Å². The Morgan fingerprint density at radius 2 is 1.92 bits per heavy atom. The van der Waals surface area contributed by atoms with Gasteiger partial charge in [0.2, 0.25) is 0 Å². The van der Waals surface area contributed by atoms with Gasteiger partial charge in [-0.2, -0.15) is 0 Å². The fourth-order valence-electron chi connectivity index (χ4n) is 2.82. The molecule has 1 heterocycles. The molecular formula is C20H28ClN3O. The number of ether oxygens (including phenoxy) is 1. The van der Waals surface area contributed by atoms with Gasteiger partial charge >= 0.3 is 0 Å². The molecule has 0 unspecified atom stereocenters. The third kappa shape index (κ3) is 5.60. The zero-order valence-electron chi connectivity index (χ0n) is 15.6. The Morgan fingerprint density at radius 3 is 2.60 bits per heavy atom. The molecule has 0 bridgehead atoms. The topological polar surface area (TPSA) is 47.0 Å². The van der Waals surface area contributed by atoms with Crippen molar-refractivity contribution < 1.29 is 4.74 Å². The molecule has 0 atom stereocenters. The summed E-state index contributed by atoms with van der Waals surface area (Å²) in [7, 11) is 0. The normalized spacial score (nSPS) is 11.0. The van der Waals surface area contributed by atoms with Gasteiger partial charge in [0.1, 0.15) is 29.5 Å². The smallest absolute Gasteiger partial charge is 0.148 e. The molecule has 0 fully saturated rings. The quantitative estimate of drug-likeness (QED) is 0.622. The first kappa shape index (κ1) is 19.5. The maximum absolute atomic E-state index is 6.17. The Bertz CT molecular complexity index is 687. The van der Waals surface area contributed by atoms with E-state index in [1.165, 1.54) is 30.3 Å². The van der Waals surface area contributed by atoms with Crippen LogP contribution >= 0.6 is 11.6 Å². The highest BCUT2D eigenvalue weighted by Crippen LogP contribution is 2.23. The zero-order chi connectivity index (χ0) is 18.2. The standard InChI is InChI=1S/C20H28ClN3O/c1-5-16(6-2)12-17-7-8-18(14(3)11-17)25-10-9-22-20-19(21)15(4)23-13-24-20/h7-8,11,13,16H,5-6,9-10,12H2,1-4H3,(H,22,23,24). The molecule has 0 aliphatic heterocycles. The van der Waals surface area contributed by atoms with E-state index in [9.17, 15) is 0 Å². The van der Waals surface area contributed by atoms with Gasteiger partial charge in [-0.15, -0.1) is 0 Å². The molecule has 25 heavy (non-hydrogen) atoms. The molecule has 1 N–H and O–H groups in total. The number of hydrogen-bond donors (Lipinski definition) is 1. The van der Waals surface area contributed by atoms with Crippen LogP contribution in [0.2, 0.25) is 5.02 Å². The summed E-state index contributed by atoms with van der Waals surface area (Å²) in [6.45, 7) is 9.66. The van der Waals surface area contributed by atoms with Crippen molar-refractivity contribution in [3.63, 3.8) is 0 Å². The molecule has 1 aromatic carbocycles. The highest BCUT2D eigenvalue weighted by molar-refractivity contribution is 6.33. The van der Waals surface area contributed by atoms with Gasteiger partial charge in [0.05, 0.1) is 12.2 Å². The monoisotopic (exact) mass is 361 g/mol. The van der Waals surface area contributed by atoms with Crippen molar-refractivity contribution in [3.05, 3.63) is 46.4 Å². The van der Waals surface area contributed by atoms with Crippen LogP contribution in [0.25, 0.3) is 0 Å². The third-order valence-electron chi connectivity index (χ3n) is 4.53. The minimum absolute atomic E-state index is 0.548. The lowest BCUT2D eigenvalue weighted by Crippen LogP contribution is -2.13. The van der Waals surface area contributed by atoms with Crippen molar-refractivity contribution in [2.24, 2.45) is 5.92 Å². The number of nitrogens with zero attached hydrogens (tertiary/aromatic N) is 2. The molecule has 0 spiro atoms. The Labute approximate surface area is 156 Å². The first-order valence-electron chi connectivity index (χ1n) is 8.98. The summed E-state index contributed by atoms with van der Waals surface area (Å²) in [5.74, 6) is 2.34. The van der Waals surface area contributed by atoms with Crippen molar-refractivity contribution in [2.45, 2.75) is 47.0 Å². The van der Waals surface area contributed by atoms with Crippen LogP contribution in [0.15, 0.2) is 24.5 Å². The van der Waals surface area contributed by atoms with E-state index in [0.717, 1.165) is 23.8 Å². The molecule has 136 valence electrons. The van der Waals surface area contributed by atoms with Crippen molar-refractivity contribution in [3.8, 4) is 5.75 Å². The van der Waals surface area contributed by atoms with Crippen molar-refractivity contribution >= 4 is 17.4 Å². The van der Waals surface area contributed by atoms with Gasteiger partial charge in [-0.05, 0) is 43.4 Å². The van der Waals surface area contributed by atoms with Crippen LogP contribution in [-0.2, 0) is 6.42 Å². The molecular weight excluding hydrogens is 334 g/mol. The summed E-state index contributed by atoms with van der Waals surface area (Å²) in [6.07, 6.45) is 5.10. The molecule has 0 saturated carbocycles. The second-order valence-corrected chi connectivity index (χ2v) is 6.76. The predicted octanol–water partition coefficient (Wildman–Crippen LogP) is 5.22. The van der Waals surface area contributed by atoms with Crippen LogP contribution in [-0.4, -0.2) is 23.1 Å². The largest absolute Gasteiger partial charge is 0.491 e. The fourth-order valence-corrected chi connectivity index (χ4v) is 2.99. The van der Waals surface area contributed by atoms with E-state index in [2.05, 4.69) is 54.3 Å². The molecule has 4 nitrogen and oxygen atoms in total. The van der Waals surface area contributed by atoms with E-state index in [1.54, 1.807) is 0 Å². The maximum Gasteiger partial charge on any atom is 0.148 e. The molecule has 0 radical (unpaired) electrons. The van der Waals surface area contributed by atoms with Crippen LogP contribution in [0.1, 0.15) is 43.5 Å². The van der Waals surface area contributed by atoms with Crippen molar-refractivity contribution in [1.82, 2.24) is 9.97 Å². The van der Waals surface area contributed by atoms with Crippen LogP contribution in [0.4, 0.5) is 5.82 Å². The van der Waals surface area contributed by atoms with Gasteiger partial charge in [0, 0.05) is 0 Å². The SMILES string of the molecule is CCC(CC)Cc1ccc(OCCNc2ncnc(C)c2Cl)c(C)c1. The van der Waals surface area contributed by atoms with Crippen LogP contribution in [0, 0.1) is 19.8 Å². The van der Waals surface area contributed by atoms with E-state index in [4.69, 9.17) is 16.3 Å². The Morgan fingerprint density at radius 1 is 1.16 bits per heavy atom. The lowest BCUT2D eigenvalue weighted by molar-refractivity contribution is 0.330. The third-order valence-corrected chi connectivity index (χ3v) is 4.99. The van der Waals surface area contributed by atoms with Crippen LogP contribution in [0.5, 0.6) is 5.75 Å². The van der Waals surface area contributed by atoms with Gasteiger partial charge in [0.25, 0.3) is 0 Å². The Hall–Kier alpha value is -1.81. The van der Waals surface area contributed by atoms with Gasteiger partial charge < -0.3 is 10.1 Å². The maximum atomic E-state index is 6.17. The minimum atomic E-state index is 0.548. The van der Waals surface area contributed by atoms with E-state index < -0.39 is 0 Å². The van der Waals surface area contributed by atoms with E-state index in [-0.39, 0.29) is 0 Å². The summed E-state index contributed by atoms with van der Waals surface area (Å²) < 4.78 is 5.89. The van der Waals surface area contributed by atoms with Crippen molar-refractivity contribution in [2.75, 3.05) is 18.5 Å². The molecule has 0 aliphatic carbocycles. The molecule has 0 amide bonds. The minimum Gasteiger partial charge on any atom is -0.491 e. The lowest BCUT2D eigenvalue weighted by atomic mass is 9.94. The number of aryl methyl sites for hydroxylation is 2. The molecule has 2 rings (SSSR count). The summed E-state index contributed by atoms with van der Waals surface area (Å²) in [5, 5.41) is 3.75. The number of aromatic nitrogens is 2. The van der Waals surface area contributed by atoms with Gasteiger partial charge in [0.15, 0.2) is 0 Å². The highest BCUT2D eigenvalue weighted by Gasteiger charge is 2.08. The molecule has 5 heteroatoms. The zero-order valence-corrected chi connectivity index (χ0v) is 16.4. The van der Waals surface area contributed by atoms with Gasteiger partial charge in [-0.3, -0.25) is 0 Å². The summed E-state index contributed by atoms with van der Waals surface area (Å²) in [4.78, 5) is 8.20. The Kier molecular flexibility index (Phi) is 7.51. The van der Waals surface area contributed by atoms with E-state index in [0.29, 0.717) is 24.0 Å². The number of halogens is 1. The summed E-state index contributed by atoms with van der Waals surface area (Å²) in [6, 6.07) is 6.50. The second-order valence-electron chi connectivity index (χ2n) is 6.38. The molecule has 0 saturated heterocycles. The molecule has 0 aliphatic rings. The van der Waals surface area contributed by atoms with Gasteiger partial charge in [-0.25, -0.2) is 9.97 Å². The van der Waals surface area contributed by atoms with Gasteiger partial charge in [-0.1, -0.05) is 50.4 Å². The predicted molar refractivity (Wildman–Crippen MR) is 105 cm³/mol. The number of hydrogen-bond acceptors (Lipinski definition) is 4. The summed E-state index contributed by atoms with van der Waals surface area (Å²) >= 11 is 6.17. The fraction of sp³-hybridized carbons (Fsp3) is 0.500. The number of anilines is 1. The highest BCUT2D eigenvalue weighted by atomic mass is 35.5. The number of benzene rings is 1. The number of nitrogens with one attached hydrogen (secondary N) is 1. The summed E-state index contributed by atoms with van der Waals surface area (Å²) in [5.41, 5.74) is 3.34. The average Bonchev–Trinajstić information content (AvgIpc) is 2.61. The van der Waals surface area contributed by atoms with Crippen molar-refractivity contribution in [1.29, 1.82) is 0 Å². The molecule has 1 aromatic heterocycles.